The lowest BCUT2D eigenvalue weighted by molar-refractivity contribution is -0.135. The van der Waals surface area contributed by atoms with Crippen LogP contribution in [0.1, 0.15) is 49.2 Å². The van der Waals surface area contributed by atoms with E-state index in [-0.39, 0.29) is 36.9 Å². The fourth-order valence-corrected chi connectivity index (χ4v) is 4.01. The Labute approximate surface area is 212 Å². The van der Waals surface area contributed by atoms with E-state index in [1.807, 2.05) is 0 Å². The number of carbonyl (C=O) groups excluding carboxylic acids is 2. The van der Waals surface area contributed by atoms with E-state index in [1.54, 1.807) is 43.6 Å². The zero-order chi connectivity index (χ0) is 27.2. The van der Waals surface area contributed by atoms with Gasteiger partial charge in [0.25, 0.3) is 5.91 Å². The lowest BCUT2D eigenvalue weighted by Gasteiger charge is -2.28. The van der Waals surface area contributed by atoms with E-state index in [0.717, 1.165) is 12.1 Å². The Morgan fingerprint density at radius 3 is 2.35 bits per heavy atom. The minimum Gasteiger partial charge on any atom is -0.391 e. The number of hydrogen-bond donors (Lipinski definition) is 5. The van der Waals surface area contributed by atoms with Crippen LogP contribution in [0.2, 0.25) is 0 Å². The van der Waals surface area contributed by atoms with Crippen LogP contribution in [-0.2, 0) is 11.2 Å². The highest BCUT2D eigenvalue weighted by atomic mass is 19.1. The number of rotatable bonds is 11. The average Bonchev–Trinajstić information content (AvgIpc) is 2.84. The molecule has 3 rings (SSSR count). The maximum absolute atomic E-state index is 13.8. The number of aliphatic hydroxyl groups is 2. The molecule has 1 heterocycles. The summed E-state index contributed by atoms with van der Waals surface area (Å²) in [6.07, 6.45) is -0.160. The first-order valence-corrected chi connectivity index (χ1v) is 11.8. The summed E-state index contributed by atoms with van der Waals surface area (Å²) in [5.74, 6) is -4.02. The molecule has 37 heavy (non-hydrogen) atoms. The summed E-state index contributed by atoms with van der Waals surface area (Å²) in [7, 11) is 0. The number of fused-ring (bicyclic) bond motifs is 1. The first-order chi connectivity index (χ1) is 17.4. The number of aromatic nitrogens is 2. The number of nitrogens with one attached hydrogen (secondary N) is 2. The van der Waals surface area contributed by atoms with Crippen LogP contribution in [0.25, 0.3) is 11.0 Å². The van der Waals surface area contributed by atoms with E-state index >= 15 is 0 Å². The second-order valence-corrected chi connectivity index (χ2v) is 9.63. The van der Waals surface area contributed by atoms with E-state index in [4.69, 9.17) is 5.21 Å². The lowest BCUT2D eigenvalue weighted by Crippen LogP contribution is -2.47. The lowest BCUT2D eigenvalue weighted by atomic mass is 9.87. The van der Waals surface area contributed by atoms with Gasteiger partial charge in [0, 0.05) is 12.0 Å². The van der Waals surface area contributed by atoms with Crippen LogP contribution in [0.4, 0.5) is 8.78 Å². The van der Waals surface area contributed by atoms with Crippen molar-refractivity contribution in [3.8, 4) is 0 Å². The van der Waals surface area contributed by atoms with E-state index in [2.05, 4.69) is 15.3 Å². The van der Waals surface area contributed by atoms with Crippen LogP contribution in [0.15, 0.2) is 48.7 Å². The van der Waals surface area contributed by atoms with Crippen molar-refractivity contribution in [1.82, 2.24) is 20.8 Å². The van der Waals surface area contributed by atoms with Crippen LogP contribution in [0.5, 0.6) is 0 Å². The van der Waals surface area contributed by atoms with Crippen molar-refractivity contribution in [3.63, 3.8) is 0 Å². The highest BCUT2D eigenvalue weighted by Gasteiger charge is 2.30. The second kappa shape index (κ2) is 12.1. The molecule has 2 amide bonds. The molecule has 5 N–H and O–H groups in total. The van der Waals surface area contributed by atoms with Gasteiger partial charge in [-0.05, 0) is 69.4 Å². The van der Waals surface area contributed by atoms with Gasteiger partial charge in [-0.15, -0.1) is 0 Å². The van der Waals surface area contributed by atoms with Gasteiger partial charge in [0.15, 0.2) is 0 Å². The van der Waals surface area contributed by atoms with Gasteiger partial charge in [0.2, 0.25) is 5.91 Å². The van der Waals surface area contributed by atoms with E-state index < -0.39 is 47.1 Å². The van der Waals surface area contributed by atoms with Gasteiger partial charge in [-0.1, -0.05) is 12.1 Å². The number of hydroxylamine groups is 1. The summed E-state index contributed by atoms with van der Waals surface area (Å²) < 4.78 is 27.6. The number of hydrogen-bond acceptors (Lipinski definition) is 7. The van der Waals surface area contributed by atoms with Gasteiger partial charge in [0.1, 0.15) is 17.3 Å². The zero-order valence-corrected chi connectivity index (χ0v) is 20.5. The number of para-hydroxylation sites is 2. The van der Waals surface area contributed by atoms with Crippen molar-refractivity contribution in [2.75, 3.05) is 0 Å². The Hall–Kier alpha value is -3.54. The molecule has 0 bridgehead atoms. The summed E-state index contributed by atoms with van der Waals surface area (Å²) in [5.41, 5.74) is 1.66. The van der Waals surface area contributed by atoms with Gasteiger partial charge >= 0.3 is 0 Å². The number of halogens is 2. The van der Waals surface area contributed by atoms with Gasteiger partial charge < -0.3 is 15.5 Å². The van der Waals surface area contributed by atoms with Gasteiger partial charge in [-0.2, -0.15) is 0 Å². The molecule has 9 nitrogen and oxygen atoms in total. The molecule has 0 aliphatic carbocycles. The van der Waals surface area contributed by atoms with Crippen molar-refractivity contribution < 1.29 is 33.8 Å². The monoisotopic (exact) mass is 516 g/mol. The summed E-state index contributed by atoms with van der Waals surface area (Å²) in [6, 6.07) is 8.71. The predicted molar refractivity (Wildman–Crippen MR) is 130 cm³/mol. The van der Waals surface area contributed by atoms with Gasteiger partial charge in [-0.3, -0.25) is 19.8 Å². The molecule has 2 aromatic carbocycles. The Kier molecular flexibility index (Phi) is 9.19. The molecule has 0 fully saturated rings. The molecule has 0 unspecified atom stereocenters. The van der Waals surface area contributed by atoms with Gasteiger partial charge in [0.05, 0.1) is 35.0 Å². The Morgan fingerprint density at radius 1 is 1.08 bits per heavy atom. The largest absolute Gasteiger partial charge is 0.391 e. The molecule has 0 saturated heterocycles. The van der Waals surface area contributed by atoms with Crippen molar-refractivity contribution in [2.24, 2.45) is 5.92 Å². The quantitative estimate of drug-likeness (QED) is 0.195. The number of amides is 2. The van der Waals surface area contributed by atoms with Gasteiger partial charge in [-0.25, -0.2) is 19.2 Å². The minimum absolute atomic E-state index is 0.0343. The van der Waals surface area contributed by atoms with Crippen molar-refractivity contribution in [3.05, 3.63) is 71.6 Å². The Morgan fingerprint density at radius 2 is 1.73 bits per heavy atom. The zero-order valence-electron chi connectivity index (χ0n) is 20.5. The Bertz CT molecular complexity index is 1230. The summed E-state index contributed by atoms with van der Waals surface area (Å²) in [5, 5.41) is 32.9. The van der Waals surface area contributed by atoms with Crippen LogP contribution < -0.4 is 10.8 Å². The molecule has 0 aliphatic heterocycles. The smallest absolute Gasteiger partial charge is 0.271 e. The predicted octanol–water partition coefficient (Wildman–Crippen LogP) is 2.67. The molecule has 3 aromatic rings. The number of nitrogens with zero attached hydrogens (tertiary/aromatic N) is 2. The number of benzene rings is 2. The fraction of sp³-hybridized carbons (Fsp3) is 0.385. The number of aliphatic hydroxyl groups excluding tert-OH is 1. The van der Waals surface area contributed by atoms with Crippen molar-refractivity contribution >= 4 is 22.8 Å². The van der Waals surface area contributed by atoms with Crippen molar-refractivity contribution in [1.29, 1.82) is 0 Å². The maximum atomic E-state index is 13.8. The summed E-state index contributed by atoms with van der Waals surface area (Å²) in [6.45, 7) is 3.12. The number of carbonyl (C=O) groups is 2. The van der Waals surface area contributed by atoms with Crippen LogP contribution in [0, 0.1) is 17.6 Å². The molecular formula is C26H30F2N4O5. The third-order valence-corrected chi connectivity index (χ3v) is 5.95. The third kappa shape index (κ3) is 8.24. The summed E-state index contributed by atoms with van der Waals surface area (Å²) in [4.78, 5) is 33.8. The topological polar surface area (TPSA) is 145 Å². The standard InChI is InChI=1S/C26H30F2N4O5/c1-26(2,36)8-7-16(24(34)32-37)12-23(33)21(11-15-9-17(27)13-18(28)10-15)31-25(35)22-14-29-19-5-3-4-6-20(19)30-22/h3-6,9-10,13-14,16,21,23,33,36-37H,7-8,11-12H2,1-2H3,(H,31,35)(H,32,34)/t16-,21+,23+/m1/s1. The second-order valence-electron chi connectivity index (χ2n) is 9.63. The highest BCUT2D eigenvalue weighted by molar-refractivity contribution is 5.94. The van der Waals surface area contributed by atoms with Crippen LogP contribution in [0.3, 0.4) is 0 Å². The normalized spacial score (nSPS) is 14.1. The van der Waals surface area contributed by atoms with E-state index in [1.165, 1.54) is 6.20 Å². The molecule has 198 valence electrons. The highest BCUT2D eigenvalue weighted by Crippen LogP contribution is 2.23. The first-order valence-electron chi connectivity index (χ1n) is 11.8. The molecule has 0 saturated carbocycles. The maximum Gasteiger partial charge on any atom is 0.271 e. The van der Waals surface area contributed by atoms with E-state index in [9.17, 15) is 28.6 Å². The van der Waals surface area contributed by atoms with Crippen LogP contribution >= 0.6 is 0 Å². The Balaban J connectivity index is 1.85. The molecule has 1 aromatic heterocycles. The van der Waals surface area contributed by atoms with E-state index in [0.29, 0.717) is 17.1 Å². The average molecular weight is 517 g/mol. The molecular weight excluding hydrogens is 486 g/mol. The molecule has 0 spiro atoms. The SMILES string of the molecule is CC(C)(O)CC[C@H](C[C@H](O)[C@H](Cc1cc(F)cc(F)c1)NC(=O)c1cnc2ccccc2n1)C(=O)NO. The summed E-state index contributed by atoms with van der Waals surface area (Å²) >= 11 is 0. The minimum atomic E-state index is -1.37. The molecule has 3 atom stereocenters. The molecule has 11 heteroatoms. The molecule has 0 aliphatic rings. The third-order valence-electron chi connectivity index (χ3n) is 5.95. The van der Waals surface area contributed by atoms with Crippen LogP contribution in [-0.4, -0.2) is 54.9 Å². The molecule has 0 radical (unpaired) electrons. The first kappa shape index (κ1) is 28.0. The van der Waals surface area contributed by atoms with Crippen molar-refractivity contribution in [2.45, 2.75) is 57.3 Å². The fourth-order valence-electron chi connectivity index (χ4n) is 4.01.